The van der Waals surface area contributed by atoms with E-state index in [-0.39, 0.29) is 16.2 Å². The minimum atomic E-state index is -0.892. The number of carbonyl (C=O) groups is 1. The molecule has 1 atom stereocenters. The molecule has 2 N–H and O–H groups in total. The van der Waals surface area contributed by atoms with E-state index < -0.39 is 17.8 Å². The van der Waals surface area contributed by atoms with Crippen LogP contribution in [0.4, 0.5) is 16.0 Å². The largest absolute Gasteiger partial charge is 0.495 e. The third-order valence-electron chi connectivity index (χ3n) is 4.67. The highest BCUT2D eigenvalue weighted by Crippen LogP contribution is 2.39. The number of anilines is 2. The highest BCUT2D eigenvalue weighted by Gasteiger charge is 2.36. The molecule has 0 saturated heterocycles. The van der Waals surface area contributed by atoms with Gasteiger partial charge in [-0.15, -0.1) is 0 Å². The van der Waals surface area contributed by atoms with Crippen LogP contribution in [-0.4, -0.2) is 27.8 Å². The van der Waals surface area contributed by atoms with Crippen LogP contribution in [0.2, 0.25) is 5.02 Å². The molecule has 2 heterocycles. The second kappa shape index (κ2) is 7.56. The third kappa shape index (κ3) is 3.31. The number of benzene rings is 2. The molecule has 7 nitrogen and oxygen atoms in total. The number of amides is 1. The summed E-state index contributed by atoms with van der Waals surface area (Å²) >= 11 is 6.33. The fourth-order valence-corrected chi connectivity index (χ4v) is 3.63. The Morgan fingerprint density at radius 3 is 2.83 bits per heavy atom. The molecule has 9 heteroatoms. The van der Waals surface area contributed by atoms with Crippen LogP contribution in [0.1, 0.15) is 18.5 Å². The standard InChI is InChI=1S/C20H17ClFN5O2/c1-11-16(19(28)26-14-8-3-4-9-15(14)29-2)18(27-20(25-11)23-10-24-27)17-12(21)6-5-7-13(17)22/h3-10,18H,1-2H3,(H,26,28)(H,23,24,25)/t18-/m0/s1. The van der Waals surface area contributed by atoms with Crippen molar-refractivity contribution in [3.8, 4) is 5.75 Å². The van der Waals surface area contributed by atoms with Crippen LogP contribution in [0.25, 0.3) is 0 Å². The van der Waals surface area contributed by atoms with E-state index in [1.54, 1.807) is 37.3 Å². The summed E-state index contributed by atoms with van der Waals surface area (Å²) in [6, 6.07) is 10.5. The number of ether oxygens (including phenoxy) is 1. The average Bonchev–Trinajstić information content (AvgIpc) is 3.16. The van der Waals surface area contributed by atoms with Gasteiger partial charge >= 0.3 is 0 Å². The van der Waals surface area contributed by atoms with Crippen LogP contribution in [0.15, 0.2) is 60.1 Å². The number of para-hydroxylation sites is 2. The summed E-state index contributed by atoms with van der Waals surface area (Å²) in [4.78, 5) is 17.4. The van der Waals surface area contributed by atoms with Crippen LogP contribution in [0, 0.1) is 5.82 Å². The Morgan fingerprint density at radius 1 is 1.28 bits per heavy atom. The Morgan fingerprint density at radius 2 is 2.07 bits per heavy atom. The number of fused-ring (bicyclic) bond motifs is 1. The van der Waals surface area contributed by atoms with Gasteiger partial charge in [-0.2, -0.15) is 10.1 Å². The number of aromatic nitrogens is 3. The van der Waals surface area contributed by atoms with Gasteiger partial charge in [-0.05, 0) is 31.2 Å². The van der Waals surface area contributed by atoms with Gasteiger partial charge in [-0.25, -0.2) is 9.07 Å². The number of hydrogen-bond acceptors (Lipinski definition) is 5. The molecular weight excluding hydrogens is 397 g/mol. The van der Waals surface area contributed by atoms with Gasteiger partial charge in [0.15, 0.2) is 0 Å². The molecule has 0 saturated carbocycles. The van der Waals surface area contributed by atoms with Gasteiger partial charge in [-0.3, -0.25) is 4.79 Å². The quantitative estimate of drug-likeness (QED) is 0.675. The minimum Gasteiger partial charge on any atom is -0.495 e. The molecular formula is C20H17ClFN5O2. The van der Waals surface area contributed by atoms with Gasteiger partial charge in [0.25, 0.3) is 5.91 Å². The maximum atomic E-state index is 14.8. The molecule has 0 fully saturated rings. The first-order valence-corrected chi connectivity index (χ1v) is 9.14. The average molecular weight is 414 g/mol. The fourth-order valence-electron chi connectivity index (χ4n) is 3.36. The number of carbonyl (C=O) groups excluding carboxylic acids is 1. The lowest BCUT2D eigenvalue weighted by Gasteiger charge is -2.29. The molecule has 3 aromatic rings. The normalized spacial score (nSPS) is 15.5. The number of halogens is 2. The number of rotatable bonds is 4. The Hall–Kier alpha value is -3.39. The maximum absolute atomic E-state index is 14.8. The second-order valence-electron chi connectivity index (χ2n) is 6.38. The zero-order valence-corrected chi connectivity index (χ0v) is 16.4. The molecule has 0 unspecified atom stereocenters. The highest BCUT2D eigenvalue weighted by atomic mass is 35.5. The first kappa shape index (κ1) is 18.9. The Labute approximate surface area is 171 Å². The van der Waals surface area contributed by atoms with Crippen molar-refractivity contribution in [3.63, 3.8) is 0 Å². The lowest BCUT2D eigenvalue weighted by Crippen LogP contribution is -2.32. The van der Waals surface area contributed by atoms with E-state index in [1.807, 2.05) is 0 Å². The predicted molar refractivity (Wildman–Crippen MR) is 108 cm³/mol. The highest BCUT2D eigenvalue weighted by molar-refractivity contribution is 6.31. The number of allylic oxidation sites excluding steroid dienone is 1. The molecule has 0 spiro atoms. The Kier molecular flexibility index (Phi) is 4.94. The lowest BCUT2D eigenvalue weighted by molar-refractivity contribution is -0.113. The van der Waals surface area contributed by atoms with E-state index >= 15 is 0 Å². The van der Waals surface area contributed by atoms with Crippen molar-refractivity contribution in [3.05, 3.63) is 76.5 Å². The van der Waals surface area contributed by atoms with E-state index in [4.69, 9.17) is 16.3 Å². The molecule has 0 radical (unpaired) electrons. The van der Waals surface area contributed by atoms with E-state index in [1.165, 1.54) is 30.3 Å². The molecule has 0 bridgehead atoms. The molecule has 1 aliphatic heterocycles. The van der Waals surface area contributed by atoms with Crippen molar-refractivity contribution in [2.24, 2.45) is 0 Å². The molecule has 0 aliphatic carbocycles. The van der Waals surface area contributed by atoms with Crippen molar-refractivity contribution in [1.82, 2.24) is 14.8 Å². The summed E-state index contributed by atoms with van der Waals surface area (Å²) in [6.45, 7) is 1.72. The SMILES string of the molecule is COc1ccccc1NC(=O)C1=C(C)Nc2ncnn2[C@@H]1c1c(F)cccc1Cl. The van der Waals surface area contributed by atoms with Crippen LogP contribution < -0.4 is 15.4 Å². The van der Waals surface area contributed by atoms with E-state index in [0.717, 1.165) is 0 Å². The number of methoxy groups -OCH3 is 1. The van der Waals surface area contributed by atoms with Crippen molar-refractivity contribution in [2.75, 3.05) is 17.7 Å². The van der Waals surface area contributed by atoms with Crippen LogP contribution in [0.3, 0.4) is 0 Å². The smallest absolute Gasteiger partial charge is 0.255 e. The van der Waals surface area contributed by atoms with E-state index in [9.17, 15) is 9.18 Å². The summed E-state index contributed by atoms with van der Waals surface area (Å²) in [6.07, 6.45) is 1.33. The van der Waals surface area contributed by atoms with Gasteiger partial charge < -0.3 is 15.4 Å². The zero-order valence-electron chi connectivity index (χ0n) is 15.6. The summed E-state index contributed by atoms with van der Waals surface area (Å²) < 4.78 is 21.5. The molecule has 2 aromatic carbocycles. The zero-order chi connectivity index (χ0) is 20.5. The number of nitrogens with zero attached hydrogens (tertiary/aromatic N) is 3. The molecule has 1 amide bonds. The second-order valence-corrected chi connectivity index (χ2v) is 6.79. The van der Waals surface area contributed by atoms with Crippen molar-refractivity contribution >= 4 is 29.1 Å². The summed E-state index contributed by atoms with van der Waals surface area (Å²) in [7, 11) is 1.52. The van der Waals surface area contributed by atoms with Gasteiger partial charge in [0.2, 0.25) is 5.95 Å². The van der Waals surface area contributed by atoms with E-state index in [0.29, 0.717) is 23.1 Å². The van der Waals surface area contributed by atoms with Crippen LogP contribution >= 0.6 is 11.6 Å². The Balaban J connectivity index is 1.82. The summed E-state index contributed by atoms with van der Waals surface area (Å²) in [5.74, 6) is -0.0864. The first-order valence-electron chi connectivity index (χ1n) is 8.76. The fraction of sp³-hybridized carbons (Fsp3) is 0.150. The van der Waals surface area contributed by atoms with E-state index in [2.05, 4.69) is 20.7 Å². The molecule has 1 aromatic heterocycles. The summed E-state index contributed by atoms with van der Waals surface area (Å²) in [5, 5.41) is 10.2. The molecule has 148 valence electrons. The number of hydrogen-bond donors (Lipinski definition) is 2. The maximum Gasteiger partial charge on any atom is 0.255 e. The Bertz CT molecular complexity index is 1110. The molecule has 29 heavy (non-hydrogen) atoms. The minimum absolute atomic E-state index is 0.145. The molecule has 1 aliphatic rings. The van der Waals surface area contributed by atoms with Crippen LogP contribution in [-0.2, 0) is 4.79 Å². The topological polar surface area (TPSA) is 81.1 Å². The third-order valence-corrected chi connectivity index (χ3v) is 5.00. The lowest BCUT2D eigenvalue weighted by atomic mass is 9.94. The van der Waals surface area contributed by atoms with Crippen LogP contribution in [0.5, 0.6) is 5.75 Å². The first-order chi connectivity index (χ1) is 14.0. The predicted octanol–water partition coefficient (Wildman–Crippen LogP) is 4.01. The van der Waals surface area contributed by atoms with Crippen molar-refractivity contribution in [2.45, 2.75) is 13.0 Å². The number of nitrogens with one attached hydrogen (secondary N) is 2. The van der Waals surface area contributed by atoms with Gasteiger partial charge in [0.1, 0.15) is 23.9 Å². The van der Waals surface area contributed by atoms with Crippen molar-refractivity contribution < 1.29 is 13.9 Å². The molecule has 4 rings (SSSR count). The monoisotopic (exact) mass is 413 g/mol. The van der Waals surface area contributed by atoms with Gasteiger partial charge in [-0.1, -0.05) is 29.8 Å². The van der Waals surface area contributed by atoms with Crippen molar-refractivity contribution in [1.29, 1.82) is 0 Å². The van der Waals surface area contributed by atoms with Gasteiger partial charge in [0.05, 0.1) is 18.4 Å². The van der Waals surface area contributed by atoms with Gasteiger partial charge in [0, 0.05) is 16.3 Å². The summed E-state index contributed by atoms with van der Waals surface area (Å²) in [5.41, 5.74) is 1.41.